The molecule has 0 saturated carbocycles. The van der Waals surface area contributed by atoms with Crippen LogP contribution in [0, 0.1) is 0 Å². The monoisotopic (exact) mass is 297 g/mol. The van der Waals surface area contributed by atoms with E-state index in [9.17, 15) is 0 Å². The lowest BCUT2D eigenvalue weighted by molar-refractivity contribution is 0.530. The number of aromatic nitrogens is 2. The summed E-state index contributed by atoms with van der Waals surface area (Å²) in [6.07, 6.45) is 3.26. The topological polar surface area (TPSA) is 29.9 Å². The average Bonchev–Trinajstić information content (AvgIpc) is 2.72. The van der Waals surface area contributed by atoms with Gasteiger partial charge in [0, 0.05) is 35.7 Å². The molecule has 0 saturated heterocycles. The minimum Gasteiger partial charge on any atom is -0.313 e. The van der Waals surface area contributed by atoms with Gasteiger partial charge in [0.2, 0.25) is 0 Å². The summed E-state index contributed by atoms with van der Waals surface area (Å²) in [5, 5.41) is 8.24. The smallest absolute Gasteiger partial charge is 0.0624 e. The summed E-state index contributed by atoms with van der Waals surface area (Å²) >= 11 is 2.04. The summed E-state index contributed by atoms with van der Waals surface area (Å²) in [7, 11) is 2.06. The Morgan fingerprint density at radius 3 is 2.55 bits per heavy atom. The van der Waals surface area contributed by atoms with Crippen molar-refractivity contribution in [3.05, 3.63) is 17.5 Å². The first-order chi connectivity index (χ1) is 9.35. The summed E-state index contributed by atoms with van der Waals surface area (Å²) < 4.78 is 2.37. The van der Waals surface area contributed by atoms with Crippen molar-refractivity contribution in [2.24, 2.45) is 7.05 Å². The number of hydrogen-bond acceptors (Lipinski definition) is 3. The van der Waals surface area contributed by atoms with Crippen LogP contribution in [0.2, 0.25) is 0 Å². The third kappa shape index (κ3) is 6.31. The van der Waals surface area contributed by atoms with E-state index < -0.39 is 0 Å². The summed E-state index contributed by atoms with van der Waals surface area (Å²) in [6, 6.07) is 2.78. The van der Waals surface area contributed by atoms with E-state index in [1.165, 1.54) is 17.8 Å². The minimum atomic E-state index is 0.327. The first-order valence-electron chi connectivity index (χ1n) is 7.74. The maximum Gasteiger partial charge on any atom is 0.0624 e. The van der Waals surface area contributed by atoms with Crippen LogP contribution >= 0.6 is 11.8 Å². The lowest BCUT2D eigenvalue weighted by Crippen LogP contribution is -2.35. The van der Waals surface area contributed by atoms with Crippen LogP contribution in [0.25, 0.3) is 0 Å². The van der Waals surface area contributed by atoms with E-state index in [1.807, 2.05) is 16.4 Å². The molecule has 20 heavy (non-hydrogen) atoms. The van der Waals surface area contributed by atoms with Crippen molar-refractivity contribution in [3.8, 4) is 0 Å². The Morgan fingerprint density at radius 1 is 1.35 bits per heavy atom. The summed E-state index contributed by atoms with van der Waals surface area (Å²) in [4.78, 5) is 0. The van der Waals surface area contributed by atoms with Crippen LogP contribution < -0.4 is 5.32 Å². The third-order valence-electron chi connectivity index (χ3n) is 3.25. The van der Waals surface area contributed by atoms with Crippen molar-refractivity contribution in [1.29, 1.82) is 0 Å². The Labute approximate surface area is 128 Å². The first kappa shape index (κ1) is 17.6. The number of hydrogen-bond donors (Lipinski definition) is 1. The molecule has 1 heterocycles. The highest BCUT2D eigenvalue weighted by atomic mass is 32.2. The molecule has 0 aliphatic heterocycles. The molecule has 1 atom stereocenters. The molecular weight excluding hydrogens is 266 g/mol. The quantitative estimate of drug-likeness (QED) is 0.797. The molecule has 0 bridgehead atoms. The predicted octanol–water partition coefficient (Wildman–Crippen LogP) is 3.42. The van der Waals surface area contributed by atoms with Crippen LogP contribution in [-0.2, 0) is 19.9 Å². The van der Waals surface area contributed by atoms with Gasteiger partial charge in [0.25, 0.3) is 0 Å². The molecule has 3 nitrogen and oxygen atoms in total. The van der Waals surface area contributed by atoms with E-state index in [0.717, 1.165) is 25.1 Å². The van der Waals surface area contributed by atoms with Gasteiger partial charge in [-0.15, -0.1) is 0 Å². The highest BCUT2D eigenvalue weighted by molar-refractivity contribution is 8.00. The summed E-state index contributed by atoms with van der Waals surface area (Å²) in [5.41, 5.74) is 2.53. The van der Waals surface area contributed by atoms with E-state index in [1.54, 1.807) is 0 Å². The fourth-order valence-electron chi connectivity index (χ4n) is 2.08. The van der Waals surface area contributed by atoms with E-state index in [-0.39, 0.29) is 0 Å². The molecule has 0 radical (unpaired) electrons. The molecular formula is C16H31N3S. The lowest BCUT2D eigenvalue weighted by atomic mass is 10.1. The molecule has 0 spiro atoms. The zero-order chi connectivity index (χ0) is 15.2. The van der Waals surface area contributed by atoms with Gasteiger partial charge in [-0.05, 0) is 25.5 Å². The first-order valence-corrected chi connectivity index (χ1v) is 8.73. The van der Waals surface area contributed by atoms with Crippen LogP contribution in [0.4, 0.5) is 0 Å². The predicted molar refractivity (Wildman–Crippen MR) is 90.6 cm³/mol. The number of rotatable bonds is 8. The molecule has 1 rings (SSSR count). The molecule has 4 heteroatoms. The zero-order valence-electron chi connectivity index (χ0n) is 14.0. The third-order valence-corrected chi connectivity index (χ3v) is 4.68. The molecule has 0 aliphatic carbocycles. The number of thioether (sulfide) groups is 1. The normalized spacial score (nSPS) is 13.7. The maximum atomic E-state index is 4.55. The molecule has 0 fully saturated rings. The van der Waals surface area contributed by atoms with Gasteiger partial charge in [0.15, 0.2) is 0 Å². The van der Waals surface area contributed by atoms with Crippen LogP contribution in [0.15, 0.2) is 6.07 Å². The Kier molecular flexibility index (Phi) is 7.10. The van der Waals surface area contributed by atoms with Gasteiger partial charge in [0.05, 0.1) is 5.69 Å². The Balaban J connectivity index is 2.64. The molecule has 0 aliphatic rings. The molecule has 0 aromatic carbocycles. The van der Waals surface area contributed by atoms with Crippen LogP contribution in [0.1, 0.15) is 52.4 Å². The van der Waals surface area contributed by atoms with E-state index in [4.69, 9.17) is 0 Å². The second-order valence-electron chi connectivity index (χ2n) is 6.38. The fourth-order valence-corrected chi connectivity index (χ4v) is 3.01. The number of aryl methyl sites for hydroxylation is 2. The Morgan fingerprint density at radius 2 is 2.05 bits per heavy atom. The molecule has 1 aromatic rings. The van der Waals surface area contributed by atoms with Crippen molar-refractivity contribution in [3.63, 3.8) is 0 Å². The van der Waals surface area contributed by atoms with Gasteiger partial charge >= 0.3 is 0 Å². The molecule has 1 aromatic heterocycles. The summed E-state index contributed by atoms with van der Waals surface area (Å²) in [6.45, 7) is 12.3. The second kappa shape index (κ2) is 8.08. The van der Waals surface area contributed by atoms with Crippen molar-refractivity contribution in [2.45, 2.75) is 64.7 Å². The molecule has 1 N–H and O–H groups in total. The minimum absolute atomic E-state index is 0.327. The lowest BCUT2D eigenvalue weighted by Gasteiger charge is -2.24. The highest BCUT2D eigenvalue weighted by Gasteiger charge is 2.17. The van der Waals surface area contributed by atoms with Crippen LogP contribution in [-0.4, -0.2) is 32.9 Å². The molecule has 1 unspecified atom stereocenters. The largest absolute Gasteiger partial charge is 0.313 e. The van der Waals surface area contributed by atoms with Gasteiger partial charge in [-0.3, -0.25) is 4.68 Å². The van der Waals surface area contributed by atoms with E-state index >= 15 is 0 Å². The number of nitrogens with zero attached hydrogens (tertiary/aromatic N) is 2. The maximum absolute atomic E-state index is 4.55. The van der Waals surface area contributed by atoms with Crippen molar-refractivity contribution < 1.29 is 0 Å². The Hall–Kier alpha value is -0.480. The Bertz CT molecular complexity index is 393. The van der Waals surface area contributed by atoms with Gasteiger partial charge in [-0.1, -0.05) is 34.6 Å². The van der Waals surface area contributed by atoms with Gasteiger partial charge in [-0.25, -0.2) is 0 Å². The molecule has 116 valence electrons. The average molecular weight is 298 g/mol. The van der Waals surface area contributed by atoms with Crippen molar-refractivity contribution in [2.75, 3.05) is 12.3 Å². The van der Waals surface area contributed by atoms with Crippen molar-refractivity contribution in [1.82, 2.24) is 15.1 Å². The van der Waals surface area contributed by atoms with E-state index in [2.05, 4.69) is 58.1 Å². The fraction of sp³-hybridized carbons (Fsp3) is 0.812. The zero-order valence-corrected chi connectivity index (χ0v) is 14.8. The van der Waals surface area contributed by atoms with Gasteiger partial charge < -0.3 is 5.32 Å². The highest BCUT2D eigenvalue weighted by Crippen LogP contribution is 2.24. The van der Waals surface area contributed by atoms with Crippen LogP contribution in [0.5, 0.6) is 0 Å². The number of nitrogens with one attached hydrogen (secondary N) is 1. The van der Waals surface area contributed by atoms with Gasteiger partial charge in [-0.2, -0.15) is 16.9 Å². The van der Waals surface area contributed by atoms with Crippen LogP contribution in [0.3, 0.4) is 0 Å². The summed E-state index contributed by atoms with van der Waals surface area (Å²) in [5.74, 6) is 1.15. The second-order valence-corrected chi connectivity index (χ2v) is 8.23. The van der Waals surface area contributed by atoms with Gasteiger partial charge in [0.1, 0.15) is 0 Å². The standard InChI is InChI=1S/C16H31N3S/c1-7-9-17-14(12-20-16(3,4)5)11-15-10-13(8-2)18-19(15)6/h10,14,17H,7-9,11-12H2,1-6H3. The SMILES string of the molecule is CCCNC(CSC(C)(C)C)Cc1cc(CC)nn1C. The van der Waals surface area contributed by atoms with E-state index in [0.29, 0.717) is 10.8 Å². The molecule has 0 amide bonds. The van der Waals surface area contributed by atoms with Crippen molar-refractivity contribution >= 4 is 11.8 Å².